The first kappa shape index (κ1) is 17.1. The lowest BCUT2D eigenvalue weighted by Gasteiger charge is -2.33. The normalized spacial score (nSPS) is 16.6. The number of carbonyl (C=O) groups excluding carboxylic acids is 1. The molecule has 1 amide bonds. The minimum atomic E-state index is -0.416. The van der Waals surface area contributed by atoms with Crippen LogP contribution in [0.5, 0.6) is 0 Å². The number of carbonyl (C=O) groups is 1. The first-order chi connectivity index (χ1) is 10.3. The van der Waals surface area contributed by atoms with Crippen LogP contribution in [-0.2, 0) is 11.2 Å². The Labute approximate surface area is 138 Å². The summed E-state index contributed by atoms with van der Waals surface area (Å²) < 4.78 is 5.43. The van der Waals surface area contributed by atoms with Crippen LogP contribution in [0.3, 0.4) is 0 Å². The van der Waals surface area contributed by atoms with Gasteiger partial charge in [-0.05, 0) is 70.1 Å². The number of hydrogen-bond acceptors (Lipinski definition) is 2. The van der Waals surface area contributed by atoms with Gasteiger partial charge in [0.05, 0.1) is 0 Å². The Balaban J connectivity index is 1.74. The highest BCUT2D eigenvalue weighted by atomic mass is 35.5. The molecular formula is C18H26ClNO2. The summed E-state index contributed by atoms with van der Waals surface area (Å²) >= 11 is 6.01. The van der Waals surface area contributed by atoms with Crippen LogP contribution in [0.2, 0.25) is 5.02 Å². The third kappa shape index (κ3) is 5.53. The van der Waals surface area contributed by atoms with Crippen molar-refractivity contribution in [1.29, 1.82) is 0 Å². The second kappa shape index (κ2) is 7.36. The smallest absolute Gasteiger partial charge is 0.410 e. The number of halogens is 1. The van der Waals surface area contributed by atoms with Gasteiger partial charge in [0.25, 0.3) is 0 Å². The van der Waals surface area contributed by atoms with E-state index in [1.54, 1.807) is 0 Å². The van der Waals surface area contributed by atoms with Crippen LogP contribution in [-0.4, -0.2) is 29.7 Å². The average Bonchev–Trinajstić information content (AvgIpc) is 2.44. The zero-order valence-corrected chi connectivity index (χ0v) is 14.5. The predicted octanol–water partition coefficient (Wildman–Crippen LogP) is 4.92. The third-order valence-electron chi connectivity index (χ3n) is 4.00. The number of amides is 1. The molecule has 0 spiro atoms. The van der Waals surface area contributed by atoms with Crippen molar-refractivity contribution in [2.75, 3.05) is 13.1 Å². The molecule has 0 aliphatic carbocycles. The Bertz CT molecular complexity index is 502. The molecule has 0 radical (unpaired) electrons. The van der Waals surface area contributed by atoms with E-state index in [4.69, 9.17) is 16.3 Å². The predicted molar refractivity (Wildman–Crippen MR) is 90.3 cm³/mol. The zero-order chi connectivity index (χ0) is 16.2. The average molecular weight is 324 g/mol. The van der Waals surface area contributed by atoms with Gasteiger partial charge in [-0.15, -0.1) is 0 Å². The number of piperidine rings is 1. The van der Waals surface area contributed by atoms with Crippen molar-refractivity contribution in [1.82, 2.24) is 4.90 Å². The van der Waals surface area contributed by atoms with Crippen LogP contribution in [0.25, 0.3) is 0 Å². The number of benzene rings is 1. The van der Waals surface area contributed by atoms with Gasteiger partial charge >= 0.3 is 6.09 Å². The first-order valence-corrected chi connectivity index (χ1v) is 8.44. The van der Waals surface area contributed by atoms with Gasteiger partial charge in [0, 0.05) is 18.1 Å². The maximum absolute atomic E-state index is 12.0. The number of likely N-dealkylation sites (tertiary alicyclic amines) is 1. The molecular weight excluding hydrogens is 298 g/mol. The molecule has 1 aromatic carbocycles. The third-order valence-corrected chi connectivity index (χ3v) is 4.23. The molecule has 0 aromatic heterocycles. The molecule has 3 nitrogen and oxygen atoms in total. The maximum Gasteiger partial charge on any atom is 0.410 e. The molecule has 0 bridgehead atoms. The molecule has 0 saturated carbocycles. The molecule has 0 atom stereocenters. The molecule has 1 aliphatic heterocycles. The highest BCUT2D eigenvalue weighted by Crippen LogP contribution is 2.24. The molecule has 0 N–H and O–H groups in total. The van der Waals surface area contributed by atoms with Gasteiger partial charge in [-0.25, -0.2) is 4.79 Å². The monoisotopic (exact) mass is 323 g/mol. The number of ether oxygens (including phenoxy) is 1. The molecule has 0 unspecified atom stereocenters. The molecule has 2 rings (SSSR count). The van der Waals surface area contributed by atoms with Crippen molar-refractivity contribution in [2.24, 2.45) is 5.92 Å². The van der Waals surface area contributed by atoms with Gasteiger partial charge in [0.2, 0.25) is 0 Å². The summed E-state index contributed by atoms with van der Waals surface area (Å²) in [5.74, 6) is 0.678. The van der Waals surface area contributed by atoms with Crippen molar-refractivity contribution in [3.05, 3.63) is 34.9 Å². The number of hydrogen-bond donors (Lipinski definition) is 0. The second-order valence-corrected chi connectivity index (χ2v) is 7.52. The highest BCUT2D eigenvalue weighted by Gasteiger charge is 2.26. The lowest BCUT2D eigenvalue weighted by molar-refractivity contribution is 0.0181. The van der Waals surface area contributed by atoms with E-state index in [-0.39, 0.29) is 6.09 Å². The van der Waals surface area contributed by atoms with Crippen LogP contribution < -0.4 is 0 Å². The van der Waals surface area contributed by atoms with E-state index in [2.05, 4.69) is 6.07 Å². The fraction of sp³-hybridized carbons (Fsp3) is 0.611. The Hall–Kier alpha value is -1.22. The molecule has 1 aromatic rings. The lowest BCUT2D eigenvalue weighted by Crippen LogP contribution is -2.41. The van der Waals surface area contributed by atoms with Gasteiger partial charge in [0.1, 0.15) is 5.60 Å². The van der Waals surface area contributed by atoms with Gasteiger partial charge in [-0.3, -0.25) is 0 Å². The lowest BCUT2D eigenvalue weighted by atomic mass is 9.91. The van der Waals surface area contributed by atoms with E-state index in [9.17, 15) is 4.79 Å². The Morgan fingerprint density at radius 2 is 2.00 bits per heavy atom. The van der Waals surface area contributed by atoms with Gasteiger partial charge in [0.15, 0.2) is 0 Å². The Morgan fingerprint density at radius 3 is 2.59 bits per heavy atom. The van der Waals surface area contributed by atoms with Crippen molar-refractivity contribution < 1.29 is 9.53 Å². The van der Waals surface area contributed by atoms with Crippen molar-refractivity contribution in [3.8, 4) is 0 Å². The van der Waals surface area contributed by atoms with Crippen molar-refractivity contribution in [2.45, 2.75) is 52.1 Å². The topological polar surface area (TPSA) is 29.5 Å². The summed E-state index contributed by atoms with van der Waals surface area (Å²) in [6, 6.07) is 8.08. The number of nitrogens with zero attached hydrogens (tertiary/aromatic N) is 1. The fourth-order valence-corrected chi connectivity index (χ4v) is 3.01. The summed E-state index contributed by atoms with van der Waals surface area (Å²) in [6.45, 7) is 7.32. The van der Waals surface area contributed by atoms with E-state index in [0.29, 0.717) is 5.92 Å². The minimum Gasteiger partial charge on any atom is -0.444 e. The van der Waals surface area contributed by atoms with E-state index < -0.39 is 5.60 Å². The standard InChI is InChI=1S/C18H26ClNO2/c1-18(2,3)22-17(21)20-11-9-14(10-12-20)7-8-15-5-4-6-16(19)13-15/h4-6,13-14H,7-12H2,1-3H3. The van der Waals surface area contributed by atoms with Crippen molar-refractivity contribution >= 4 is 17.7 Å². The minimum absolute atomic E-state index is 0.180. The van der Waals surface area contributed by atoms with Crippen molar-refractivity contribution in [3.63, 3.8) is 0 Å². The molecule has 1 fully saturated rings. The van der Waals surface area contributed by atoms with Crippen LogP contribution in [0.15, 0.2) is 24.3 Å². The van der Waals surface area contributed by atoms with Gasteiger partial charge in [-0.2, -0.15) is 0 Å². The van der Waals surface area contributed by atoms with Gasteiger partial charge < -0.3 is 9.64 Å². The molecule has 4 heteroatoms. The van der Waals surface area contributed by atoms with E-state index in [1.807, 2.05) is 43.9 Å². The second-order valence-electron chi connectivity index (χ2n) is 7.08. The fourth-order valence-electron chi connectivity index (χ4n) is 2.79. The molecule has 1 saturated heterocycles. The van der Waals surface area contributed by atoms with Crippen LogP contribution in [0, 0.1) is 5.92 Å². The summed E-state index contributed by atoms with van der Waals surface area (Å²) in [5, 5.41) is 0.803. The van der Waals surface area contributed by atoms with E-state index in [0.717, 1.165) is 43.8 Å². The quantitative estimate of drug-likeness (QED) is 0.790. The Morgan fingerprint density at radius 1 is 1.32 bits per heavy atom. The van der Waals surface area contributed by atoms with Crippen LogP contribution in [0.1, 0.15) is 45.6 Å². The maximum atomic E-state index is 12.0. The van der Waals surface area contributed by atoms with E-state index in [1.165, 1.54) is 5.56 Å². The summed E-state index contributed by atoms with van der Waals surface area (Å²) in [7, 11) is 0. The summed E-state index contributed by atoms with van der Waals surface area (Å²) in [4.78, 5) is 13.9. The number of rotatable bonds is 3. The summed E-state index contributed by atoms with van der Waals surface area (Å²) in [5.41, 5.74) is 0.877. The number of aryl methyl sites for hydroxylation is 1. The molecule has 1 aliphatic rings. The zero-order valence-electron chi connectivity index (χ0n) is 13.8. The molecule has 122 valence electrons. The van der Waals surface area contributed by atoms with Crippen LogP contribution >= 0.6 is 11.6 Å². The largest absolute Gasteiger partial charge is 0.444 e. The Kier molecular flexibility index (Phi) is 5.74. The SMILES string of the molecule is CC(C)(C)OC(=O)N1CCC(CCc2cccc(Cl)c2)CC1. The molecule has 22 heavy (non-hydrogen) atoms. The van der Waals surface area contributed by atoms with Gasteiger partial charge in [-0.1, -0.05) is 23.7 Å². The highest BCUT2D eigenvalue weighted by molar-refractivity contribution is 6.30. The van der Waals surface area contributed by atoms with Crippen LogP contribution in [0.4, 0.5) is 4.79 Å². The summed E-state index contributed by atoms with van der Waals surface area (Å²) in [6.07, 6.45) is 4.14. The first-order valence-electron chi connectivity index (χ1n) is 8.06. The van der Waals surface area contributed by atoms with E-state index >= 15 is 0 Å². The molecule has 1 heterocycles.